The summed E-state index contributed by atoms with van der Waals surface area (Å²) in [5.41, 5.74) is 0.623. The van der Waals surface area contributed by atoms with Crippen LogP contribution in [0, 0.1) is 0 Å². The van der Waals surface area contributed by atoms with Gasteiger partial charge >= 0.3 is 0 Å². The van der Waals surface area contributed by atoms with Crippen molar-refractivity contribution in [1.82, 2.24) is 9.80 Å². The van der Waals surface area contributed by atoms with E-state index in [-0.39, 0.29) is 0 Å². The van der Waals surface area contributed by atoms with Crippen LogP contribution in [-0.4, -0.2) is 67.3 Å². The molecule has 0 spiro atoms. The van der Waals surface area contributed by atoms with Crippen molar-refractivity contribution in [3.63, 3.8) is 0 Å². The Balaban J connectivity index is 1.93. The highest BCUT2D eigenvalue weighted by Gasteiger charge is 2.25. The van der Waals surface area contributed by atoms with Crippen LogP contribution in [-0.2, 0) is 0 Å². The van der Waals surface area contributed by atoms with E-state index in [2.05, 4.69) is 30.6 Å². The Morgan fingerprint density at radius 2 is 2.00 bits per heavy atom. The van der Waals surface area contributed by atoms with Gasteiger partial charge in [0.25, 0.3) is 0 Å². The number of piperazine rings is 1. The first-order valence-electron chi connectivity index (χ1n) is 9.11. The van der Waals surface area contributed by atoms with Crippen LogP contribution < -0.4 is 14.7 Å². The van der Waals surface area contributed by atoms with Crippen LogP contribution in [0.1, 0.15) is 27.7 Å². The SMILES string of the molecule is CCOc1ccc(N(CCN2CCN(C(C)C)C(C)C2)C(=O)[O-])cc1. The highest BCUT2D eigenvalue weighted by Crippen LogP contribution is 2.20. The summed E-state index contributed by atoms with van der Waals surface area (Å²) in [5.74, 6) is 0.739. The summed E-state index contributed by atoms with van der Waals surface area (Å²) < 4.78 is 5.40. The van der Waals surface area contributed by atoms with E-state index < -0.39 is 6.09 Å². The zero-order chi connectivity index (χ0) is 18.4. The van der Waals surface area contributed by atoms with Crippen molar-refractivity contribution in [1.29, 1.82) is 0 Å². The number of carbonyl (C=O) groups excluding carboxylic acids is 1. The lowest BCUT2D eigenvalue weighted by atomic mass is 10.1. The second-order valence-electron chi connectivity index (χ2n) is 6.83. The lowest BCUT2D eigenvalue weighted by molar-refractivity contribution is -0.246. The molecule has 0 radical (unpaired) electrons. The number of hydrogen-bond acceptors (Lipinski definition) is 5. The van der Waals surface area contributed by atoms with Gasteiger partial charge in [0.15, 0.2) is 0 Å². The third-order valence-electron chi connectivity index (χ3n) is 4.75. The first kappa shape index (κ1) is 19.5. The van der Waals surface area contributed by atoms with Gasteiger partial charge in [-0.1, -0.05) is 0 Å². The standard InChI is InChI=1S/C19H31N3O3/c1-5-25-18-8-6-17(7-9-18)22(19(23)24)13-11-20-10-12-21(15(2)3)16(4)14-20/h6-9,15-16H,5,10-14H2,1-4H3,(H,23,24)/p-1. The molecular formula is C19H30N3O3-. The molecule has 1 aromatic carbocycles. The molecule has 1 aliphatic heterocycles. The Morgan fingerprint density at radius 1 is 1.32 bits per heavy atom. The third-order valence-corrected chi connectivity index (χ3v) is 4.75. The zero-order valence-corrected chi connectivity index (χ0v) is 15.8. The molecule has 1 aliphatic rings. The van der Waals surface area contributed by atoms with Crippen LogP contribution in [0.2, 0.25) is 0 Å². The predicted molar refractivity (Wildman–Crippen MR) is 98.1 cm³/mol. The molecule has 1 aromatic rings. The number of carboxylic acid groups (broad SMARTS) is 1. The van der Waals surface area contributed by atoms with Crippen molar-refractivity contribution >= 4 is 11.8 Å². The van der Waals surface area contributed by atoms with Gasteiger partial charge in [0.05, 0.1) is 6.61 Å². The molecule has 2 rings (SSSR count). The molecule has 6 heteroatoms. The zero-order valence-electron chi connectivity index (χ0n) is 15.8. The number of hydrogen-bond donors (Lipinski definition) is 0. The number of amides is 1. The first-order valence-corrected chi connectivity index (χ1v) is 9.11. The number of benzene rings is 1. The Morgan fingerprint density at radius 3 is 2.52 bits per heavy atom. The quantitative estimate of drug-likeness (QED) is 0.750. The third kappa shape index (κ3) is 5.34. The van der Waals surface area contributed by atoms with Gasteiger partial charge in [-0.05, 0) is 52.0 Å². The summed E-state index contributed by atoms with van der Waals surface area (Å²) in [6, 6.07) is 8.13. The van der Waals surface area contributed by atoms with Gasteiger partial charge in [-0.25, -0.2) is 0 Å². The minimum absolute atomic E-state index is 0.407. The molecule has 1 amide bonds. The first-order chi connectivity index (χ1) is 11.9. The van der Waals surface area contributed by atoms with Crippen molar-refractivity contribution in [2.75, 3.05) is 44.2 Å². The topological polar surface area (TPSA) is 59.1 Å². The van der Waals surface area contributed by atoms with Crippen molar-refractivity contribution < 1.29 is 14.6 Å². The van der Waals surface area contributed by atoms with Gasteiger partial charge in [-0.3, -0.25) is 9.80 Å². The molecule has 1 unspecified atom stereocenters. The fourth-order valence-corrected chi connectivity index (χ4v) is 3.47. The summed E-state index contributed by atoms with van der Waals surface area (Å²) in [5, 5.41) is 11.5. The minimum Gasteiger partial charge on any atom is -0.530 e. The highest BCUT2D eigenvalue weighted by atomic mass is 16.5. The number of nitrogens with zero attached hydrogens (tertiary/aromatic N) is 3. The van der Waals surface area contributed by atoms with Crippen LogP contribution in [0.5, 0.6) is 5.75 Å². The van der Waals surface area contributed by atoms with Gasteiger partial charge < -0.3 is 19.5 Å². The molecule has 25 heavy (non-hydrogen) atoms. The highest BCUT2D eigenvalue weighted by molar-refractivity contribution is 5.84. The maximum absolute atomic E-state index is 11.5. The number of carbonyl (C=O) groups is 1. The Bertz CT molecular complexity index is 547. The molecule has 1 saturated heterocycles. The molecule has 1 heterocycles. The van der Waals surface area contributed by atoms with E-state index in [1.807, 2.05) is 6.92 Å². The van der Waals surface area contributed by atoms with E-state index in [1.165, 1.54) is 4.90 Å². The van der Waals surface area contributed by atoms with Crippen LogP contribution in [0.25, 0.3) is 0 Å². The summed E-state index contributed by atoms with van der Waals surface area (Å²) in [7, 11) is 0. The lowest BCUT2D eigenvalue weighted by Gasteiger charge is -2.42. The predicted octanol–water partition coefficient (Wildman–Crippen LogP) is 1.65. The summed E-state index contributed by atoms with van der Waals surface area (Å²) in [4.78, 5) is 17.7. The van der Waals surface area contributed by atoms with Crippen LogP contribution in [0.3, 0.4) is 0 Å². The molecule has 1 atom stereocenters. The largest absolute Gasteiger partial charge is 0.530 e. The van der Waals surface area contributed by atoms with E-state index in [4.69, 9.17) is 4.74 Å². The van der Waals surface area contributed by atoms with Crippen LogP contribution in [0.4, 0.5) is 10.5 Å². The van der Waals surface area contributed by atoms with Crippen LogP contribution >= 0.6 is 0 Å². The van der Waals surface area contributed by atoms with Crippen molar-refractivity contribution in [2.24, 2.45) is 0 Å². The summed E-state index contributed by atoms with van der Waals surface area (Å²) in [6.07, 6.45) is -1.17. The summed E-state index contributed by atoms with van der Waals surface area (Å²) in [6.45, 7) is 13.2. The van der Waals surface area contributed by atoms with Gasteiger partial charge in [0.2, 0.25) is 0 Å². The molecule has 0 aliphatic carbocycles. The molecular weight excluding hydrogens is 318 g/mol. The number of anilines is 1. The van der Waals surface area contributed by atoms with E-state index in [0.29, 0.717) is 37.5 Å². The van der Waals surface area contributed by atoms with Gasteiger partial charge in [-0.2, -0.15) is 0 Å². The Kier molecular flexibility index (Phi) is 7.08. The van der Waals surface area contributed by atoms with Gasteiger partial charge in [0.1, 0.15) is 11.8 Å². The normalized spacial score (nSPS) is 19.2. The molecule has 0 saturated carbocycles. The molecule has 6 nitrogen and oxygen atoms in total. The lowest BCUT2D eigenvalue weighted by Crippen LogP contribution is -2.55. The van der Waals surface area contributed by atoms with Crippen molar-refractivity contribution in [3.8, 4) is 5.75 Å². The Labute approximate surface area is 151 Å². The minimum atomic E-state index is -1.17. The van der Waals surface area contributed by atoms with E-state index in [0.717, 1.165) is 25.4 Å². The second-order valence-corrected chi connectivity index (χ2v) is 6.83. The van der Waals surface area contributed by atoms with Crippen molar-refractivity contribution in [3.05, 3.63) is 24.3 Å². The average molecular weight is 348 g/mol. The van der Waals surface area contributed by atoms with Gasteiger partial charge in [-0.15, -0.1) is 0 Å². The maximum Gasteiger partial charge on any atom is 0.141 e. The average Bonchev–Trinajstić information content (AvgIpc) is 2.56. The van der Waals surface area contributed by atoms with E-state index in [9.17, 15) is 9.90 Å². The van der Waals surface area contributed by atoms with E-state index in [1.54, 1.807) is 24.3 Å². The number of rotatable bonds is 7. The van der Waals surface area contributed by atoms with Gasteiger partial charge in [0, 0.05) is 50.5 Å². The Hall–Kier alpha value is -1.79. The molecule has 140 valence electrons. The van der Waals surface area contributed by atoms with Crippen LogP contribution in [0.15, 0.2) is 24.3 Å². The molecule has 0 aromatic heterocycles. The second kappa shape index (κ2) is 9.06. The monoisotopic (exact) mass is 348 g/mol. The fraction of sp³-hybridized carbons (Fsp3) is 0.632. The smallest absolute Gasteiger partial charge is 0.141 e. The fourth-order valence-electron chi connectivity index (χ4n) is 3.47. The van der Waals surface area contributed by atoms with E-state index >= 15 is 0 Å². The maximum atomic E-state index is 11.5. The molecule has 0 N–H and O–H groups in total. The molecule has 1 fully saturated rings. The summed E-state index contributed by atoms with van der Waals surface area (Å²) >= 11 is 0. The van der Waals surface area contributed by atoms with Crippen molar-refractivity contribution in [2.45, 2.75) is 39.8 Å². The molecule has 0 bridgehead atoms. The number of ether oxygens (including phenoxy) is 1.